The summed E-state index contributed by atoms with van der Waals surface area (Å²) in [6.45, 7) is 1.93. The Kier molecular flexibility index (Phi) is 4.22. The fourth-order valence-corrected chi connectivity index (χ4v) is 4.20. The van der Waals surface area contributed by atoms with E-state index in [-0.39, 0.29) is 17.4 Å². The number of piperidine rings is 1. The highest BCUT2D eigenvalue weighted by molar-refractivity contribution is 5.92. The quantitative estimate of drug-likeness (QED) is 0.841. The number of carbonyl (C=O) groups excluding carboxylic acids is 2. The van der Waals surface area contributed by atoms with Crippen LogP contribution in [0.5, 0.6) is 0 Å². The predicted molar refractivity (Wildman–Crippen MR) is 95.1 cm³/mol. The predicted octanol–water partition coefficient (Wildman–Crippen LogP) is 1.61. The van der Waals surface area contributed by atoms with Crippen molar-refractivity contribution in [2.24, 2.45) is 7.05 Å². The second kappa shape index (κ2) is 6.55. The van der Waals surface area contributed by atoms with Gasteiger partial charge in [-0.25, -0.2) is 0 Å². The minimum Gasteiger partial charge on any atom is -0.337 e. The van der Waals surface area contributed by atoms with Crippen molar-refractivity contribution in [1.82, 2.24) is 24.6 Å². The van der Waals surface area contributed by atoms with Gasteiger partial charge in [-0.05, 0) is 37.0 Å². The van der Waals surface area contributed by atoms with Crippen LogP contribution in [0.15, 0.2) is 36.8 Å². The number of amides is 2. The summed E-state index contributed by atoms with van der Waals surface area (Å²) in [5.41, 5.74) is 1.53. The lowest BCUT2D eigenvalue weighted by atomic mass is 9.84. The topological polar surface area (TPSA) is 71.3 Å². The second-order valence-corrected chi connectivity index (χ2v) is 7.20. The molecule has 0 atom stereocenters. The molecule has 26 heavy (non-hydrogen) atoms. The summed E-state index contributed by atoms with van der Waals surface area (Å²) in [5.74, 6) is 0.225. The summed E-state index contributed by atoms with van der Waals surface area (Å²) in [7, 11) is 1.78. The van der Waals surface area contributed by atoms with E-state index in [2.05, 4.69) is 10.1 Å². The number of aryl methyl sites for hydroxylation is 1. The normalized spacial score (nSPS) is 19.3. The number of pyridine rings is 1. The maximum atomic E-state index is 12.7. The van der Waals surface area contributed by atoms with Gasteiger partial charge in [-0.1, -0.05) is 6.07 Å². The Bertz CT molecular complexity index is 808. The van der Waals surface area contributed by atoms with Crippen LogP contribution in [0.4, 0.5) is 0 Å². The summed E-state index contributed by atoms with van der Waals surface area (Å²) < 4.78 is 1.61. The van der Waals surface area contributed by atoms with Gasteiger partial charge in [-0.2, -0.15) is 5.10 Å². The van der Waals surface area contributed by atoms with E-state index in [4.69, 9.17) is 0 Å². The smallest absolute Gasteiger partial charge is 0.272 e. The highest BCUT2D eigenvalue weighted by Gasteiger charge is 2.47. The van der Waals surface area contributed by atoms with Gasteiger partial charge in [0, 0.05) is 57.2 Å². The van der Waals surface area contributed by atoms with Crippen LogP contribution in [0.3, 0.4) is 0 Å². The van der Waals surface area contributed by atoms with Gasteiger partial charge in [-0.3, -0.25) is 19.3 Å². The Balaban J connectivity index is 1.47. The van der Waals surface area contributed by atoms with E-state index in [0.29, 0.717) is 31.7 Å². The van der Waals surface area contributed by atoms with Crippen molar-refractivity contribution in [3.63, 3.8) is 0 Å². The van der Waals surface area contributed by atoms with Crippen LogP contribution in [-0.4, -0.2) is 55.0 Å². The van der Waals surface area contributed by atoms with E-state index in [1.807, 2.05) is 28.1 Å². The number of hydrogen-bond donors (Lipinski definition) is 0. The van der Waals surface area contributed by atoms with Gasteiger partial charge >= 0.3 is 0 Å². The summed E-state index contributed by atoms with van der Waals surface area (Å²) >= 11 is 0. The molecule has 7 nitrogen and oxygen atoms in total. The summed E-state index contributed by atoms with van der Waals surface area (Å²) in [5, 5.41) is 4.08. The molecule has 0 aromatic carbocycles. The number of aromatic nitrogens is 3. The van der Waals surface area contributed by atoms with Crippen LogP contribution in [0.25, 0.3) is 0 Å². The van der Waals surface area contributed by atoms with E-state index < -0.39 is 0 Å². The summed E-state index contributed by atoms with van der Waals surface area (Å²) in [4.78, 5) is 33.3. The van der Waals surface area contributed by atoms with Gasteiger partial charge in [0.15, 0.2) is 0 Å². The molecule has 4 rings (SSSR count). The average Bonchev–Trinajstić information content (AvgIpc) is 3.22. The molecule has 2 aromatic rings. The third kappa shape index (κ3) is 2.87. The standard InChI is InChI=1S/C19H23N5O2/c1-22-16(5-10-21-22)18(26)23-11-7-19(8-12-23)6-4-17(25)24(19)14-15-3-2-9-20-13-15/h2-3,5,9-10,13H,4,6-8,11-12,14H2,1H3. The highest BCUT2D eigenvalue weighted by atomic mass is 16.2. The van der Waals surface area contributed by atoms with Gasteiger partial charge in [0.2, 0.25) is 5.91 Å². The average molecular weight is 353 g/mol. The summed E-state index contributed by atoms with van der Waals surface area (Å²) in [6.07, 6.45) is 8.32. The number of nitrogens with zero attached hydrogens (tertiary/aromatic N) is 5. The van der Waals surface area contributed by atoms with Crippen molar-refractivity contribution in [3.05, 3.63) is 48.0 Å². The SMILES string of the molecule is Cn1nccc1C(=O)N1CCC2(CCC(=O)N2Cc2cccnc2)CC1. The molecule has 2 aliphatic rings. The molecule has 2 aromatic heterocycles. The number of hydrogen-bond acceptors (Lipinski definition) is 4. The van der Waals surface area contributed by atoms with Crippen molar-refractivity contribution in [2.45, 2.75) is 37.8 Å². The molecular weight excluding hydrogens is 330 g/mol. The molecule has 4 heterocycles. The molecule has 0 unspecified atom stereocenters. The van der Waals surface area contributed by atoms with Gasteiger partial charge < -0.3 is 9.80 Å². The monoisotopic (exact) mass is 353 g/mol. The molecule has 0 radical (unpaired) electrons. The van der Waals surface area contributed by atoms with Crippen LogP contribution < -0.4 is 0 Å². The van der Waals surface area contributed by atoms with Crippen LogP contribution in [0, 0.1) is 0 Å². The Morgan fingerprint density at radius 2 is 2.00 bits per heavy atom. The largest absolute Gasteiger partial charge is 0.337 e. The van der Waals surface area contributed by atoms with Crippen LogP contribution in [0.2, 0.25) is 0 Å². The first kappa shape index (κ1) is 16.8. The first-order valence-electron chi connectivity index (χ1n) is 9.06. The molecule has 2 fully saturated rings. The number of carbonyl (C=O) groups is 2. The minimum atomic E-state index is -0.129. The molecule has 1 spiro atoms. The fourth-order valence-electron chi connectivity index (χ4n) is 4.20. The van der Waals surface area contributed by atoms with Gasteiger partial charge in [0.05, 0.1) is 0 Å². The molecule has 0 bridgehead atoms. The van der Waals surface area contributed by atoms with Crippen LogP contribution >= 0.6 is 0 Å². The maximum absolute atomic E-state index is 12.7. The molecule has 136 valence electrons. The Morgan fingerprint density at radius 1 is 1.19 bits per heavy atom. The Morgan fingerprint density at radius 3 is 2.65 bits per heavy atom. The van der Waals surface area contributed by atoms with E-state index in [1.54, 1.807) is 30.2 Å². The van der Waals surface area contributed by atoms with Crippen molar-refractivity contribution in [2.75, 3.05) is 13.1 Å². The molecule has 2 saturated heterocycles. The van der Waals surface area contributed by atoms with E-state index >= 15 is 0 Å². The minimum absolute atomic E-state index is 0.0167. The number of likely N-dealkylation sites (tertiary alicyclic amines) is 2. The third-order valence-electron chi connectivity index (χ3n) is 5.76. The molecular formula is C19H23N5O2. The zero-order valence-corrected chi connectivity index (χ0v) is 15.0. The van der Waals surface area contributed by atoms with Gasteiger partial charge in [-0.15, -0.1) is 0 Å². The lowest BCUT2D eigenvalue weighted by Crippen LogP contribution is -2.54. The van der Waals surface area contributed by atoms with Crippen LogP contribution in [-0.2, 0) is 18.4 Å². The Labute approximate surface area is 152 Å². The lowest BCUT2D eigenvalue weighted by Gasteiger charge is -2.45. The number of rotatable bonds is 3. The molecule has 2 aliphatic heterocycles. The molecule has 7 heteroatoms. The van der Waals surface area contributed by atoms with Crippen molar-refractivity contribution in [3.8, 4) is 0 Å². The van der Waals surface area contributed by atoms with Gasteiger partial charge in [0.25, 0.3) is 5.91 Å². The van der Waals surface area contributed by atoms with E-state index in [0.717, 1.165) is 24.8 Å². The second-order valence-electron chi connectivity index (χ2n) is 7.20. The van der Waals surface area contributed by atoms with Crippen molar-refractivity contribution >= 4 is 11.8 Å². The molecule has 0 N–H and O–H groups in total. The third-order valence-corrected chi connectivity index (χ3v) is 5.76. The molecule has 0 aliphatic carbocycles. The first-order chi connectivity index (χ1) is 12.6. The maximum Gasteiger partial charge on any atom is 0.272 e. The molecule has 0 saturated carbocycles. The molecule has 2 amide bonds. The summed E-state index contributed by atoms with van der Waals surface area (Å²) in [6, 6.07) is 5.66. The fraction of sp³-hybridized carbons (Fsp3) is 0.474. The van der Waals surface area contributed by atoms with Crippen molar-refractivity contribution in [1.29, 1.82) is 0 Å². The highest BCUT2D eigenvalue weighted by Crippen LogP contribution is 2.40. The van der Waals surface area contributed by atoms with E-state index in [9.17, 15) is 9.59 Å². The first-order valence-corrected chi connectivity index (χ1v) is 9.06. The lowest BCUT2D eigenvalue weighted by molar-refractivity contribution is -0.133. The zero-order valence-electron chi connectivity index (χ0n) is 15.0. The van der Waals surface area contributed by atoms with Crippen LogP contribution in [0.1, 0.15) is 41.7 Å². The zero-order chi connectivity index (χ0) is 18.1. The van der Waals surface area contributed by atoms with Crippen molar-refractivity contribution < 1.29 is 9.59 Å². The Hall–Kier alpha value is -2.70. The van der Waals surface area contributed by atoms with E-state index in [1.165, 1.54) is 0 Å². The van der Waals surface area contributed by atoms with Gasteiger partial charge in [0.1, 0.15) is 5.69 Å².